The van der Waals surface area contributed by atoms with Crippen molar-refractivity contribution in [3.63, 3.8) is 0 Å². The summed E-state index contributed by atoms with van der Waals surface area (Å²) < 4.78 is 5.29. The molecule has 0 spiro atoms. The average molecular weight is 901 g/mol. The van der Waals surface area contributed by atoms with Crippen molar-refractivity contribution in [3.8, 4) is 50.2 Å². The van der Waals surface area contributed by atoms with E-state index in [4.69, 9.17) is 0 Å². The minimum absolute atomic E-state index is 0.181. The van der Waals surface area contributed by atoms with E-state index in [1.807, 2.05) is 0 Å². The van der Waals surface area contributed by atoms with Gasteiger partial charge in [-0.25, -0.2) is 0 Å². The molecule has 0 saturated heterocycles. The van der Waals surface area contributed by atoms with Crippen LogP contribution in [0, 0.1) is 0 Å². The van der Waals surface area contributed by atoms with Crippen LogP contribution in [-0.4, -0.2) is 19.1 Å². The van der Waals surface area contributed by atoms with Crippen LogP contribution in [0.3, 0.4) is 0 Å². The zero-order valence-electron chi connectivity index (χ0n) is 35.9. The molecule has 12 aromatic carbocycles. The zero-order valence-corrected chi connectivity index (χ0v) is 37.6. The van der Waals surface area contributed by atoms with Gasteiger partial charge in [0.1, 0.15) is 0 Å². The fraction of sp³-hybridized carbons (Fsp3) is 0. The van der Waals surface area contributed by atoms with Crippen LogP contribution in [0.2, 0.25) is 0 Å². The number of benzene rings is 12. The molecule has 2 aromatic heterocycles. The number of hydrogen-bond acceptors (Lipinski definition) is 0. The first-order chi connectivity index (χ1) is 32.8. The molecule has 0 atom stereocenters. The Bertz CT molecular complexity index is 4160. The van der Waals surface area contributed by atoms with E-state index in [0.29, 0.717) is 0 Å². The van der Waals surface area contributed by atoms with Gasteiger partial charge in [0.25, 0.3) is 0 Å². The summed E-state index contributed by atoms with van der Waals surface area (Å²) in [4.78, 5) is 0. The molecular weight excluding hydrogens is 862 g/mol. The molecule has 1 nitrogen and oxygen atoms in total. The Hall–Kier alpha value is -8.00. The zero-order chi connectivity index (χ0) is 43.3. The van der Waals surface area contributed by atoms with Crippen LogP contribution in [0.1, 0.15) is 0 Å². The van der Waals surface area contributed by atoms with E-state index in [1.54, 1.807) is 0 Å². The van der Waals surface area contributed by atoms with Gasteiger partial charge in [0.15, 0.2) is 0 Å². The number of aromatic nitrogens is 1. The molecule has 0 aliphatic carbocycles. The maximum absolute atomic E-state index is 2.51. The first-order valence-electron chi connectivity index (χ1n) is 22.8. The van der Waals surface area contributed by atoms with E-state index in [0.717, 1.165) is 0 Å². The van der Waals surface area contributed by atoms with Crippen molar-refractivity contribution in [2.75, 3.05) is 0 Å². The van der Waals surface area contributed by atoms with Gasteiger partial charge in [-0.3, -0.25) is 0 Å². The second-order valence-electron chi connectivity index (χ2n) is 17.5. The molecule has 0 N–H and O–H groups in total. The Morgan fingerprint density at radius 3 is 1.17 bits per heavy atom. The monoisotopic (exact) mass is 901 g/mol. The van der Waals surface area contributed by atoms with Crippen molar-refractivity contribution in [1.82, 2.24) is 4.57 Å². The fourth-order valence-corrected chi connectivity index (χ4v) is 13.5. The molecule has 14 rings (SSSR count). The van der Waals surface area contributed by atoms with Gasteiger partial charge >= 0.3 is 336 Å². The third kappa shape index (κ3) is 5.60. The number of hydrogen-bond donors (Lipinski definition) is 0. The van der Waals surface area contributed by atoms with Gasteiger partial charge < -0.3 is 0 Å². The van der Waals surface area contributed by atoms with Crippen LogP contribution in [0.5, 0.6) is 0 Å². The Morgan fingerprint density at radius 2 is 0.621 bits per heavy atom. The van der Waals surface area contributed by atoms with Crippen molar-refractivity contribution in [1.29, 1.82) is 0 Å². The summed E-state index contributed by atoms with van der Waals surface area (Å²) in [6.45, 7) is 0. The minimum atomic E-state index is 0.181. The average Bonchev–Trinajstić information content (AvgIpc) is 3.92. The molecule has 0 fully saturated rings. The topological polar surface area (TPSA) is 4.93 Å². The number of nitrogens with zero attached hydrogens (tertiary/aromatic N) is 1. The Balaban J connectivity index is 0.943. The standard InChI is InChI=1S/C64H39NSe/c1-3-17-40(18-4-1)61-47-22-7-9-24-49(47)63(50-25-10-8-23-48(50)61)42-33-36-59-56(38-42)46-34-31-43(39-60(46)66-59)64-53-28-13-11-26-51(53)62(52-27-12-14-29-54(52)64)41-32-35-58-55(37-41)45-21-15-16-30-57(45)65(58)44-19-5-2-6-20-44/h1-39H. The molecule has 0 saturated carbocycles. The summed E-state index contributed by atoms with van der Waals surface area (Å²) in [5, 5.41) is 15.5. The van der Waals surface area contributed by atoms with Crippen LogP contribution in [0.15, 0.2) is 237 Å². The Morgan fingerprint density at radius 1 is 0.227 bits per heavy atom. The predicted octanol–water partition coefficient (Wildman–Crippen LogP) is 17.4. The van der Waals surface area contributed by atoms with Crippen molar-refractivity contribution >= 4 is 98.7 Å². The third-order valence-corrected chi connectivity index (χ3v) is 16.3. The van der Waals surface area contributed by atoms with Crippen LogP contribution >= 0.6 is 0 Å². The summed E-state index contributed by atoms with van der Waals surface area (Å²) in [5.74, 6) is 0. The van der Waals surface area contributed by atoms with Crippen molar-refractivity contribution in [2.45, 2.75) is 0 Å². The van der Waals surface area contributed by atoms with Crippen LogP contribution in [0.25, 0.3) is 134 Å². The molecule has 0 unspecified atom stereocenters. The molecule has 306 valence electrons. The molecule has 0 amide bonds. The van der Waals surface area contributed by atoms with Gasteiger partial charge in [-0.15, -0.1) is 0 Å². The summed E-state index contributed by atoms with van der Waals surface area (Å²) in [6, 6.07) is 88.1. The third-order valence-electron chi connectivity index (χ3n) is 13.9. The second-order valence-corrected chi connectivity index (χ2v) is 19.8. The molecule has 0 aliphatic heterocycles. The number of rotatable bonds is 5. The van der Waals surface area contributed by atoms with Crippen LogP contribution < -0.4 is 0 Å². The fourth-order valence-electron chi connectivity index (χ4n) is 11.2. The SMILES string of the molecule is c1ccc(-c2c3ccccc3c(-c3ccc4[se]c5cc(-c6c7ccccc7c(-c7ccc8c(c7)c7ccccc7n8-c7ccccc7)c7ccccc67)ccc5c4c3)c3ccccc23)cc1. The van der Waals surface area contributed by atoms with Crippen LogP contribution in [0.4, 0.5) is 0 Å². The molecule has 2 heterocycles. The molecule has 66 heavy (non-hydrogen) atoms. The van der Waals surface area contributed by atoms with E-state index >= 15 is 0 Å². The van der Waals surface area contributed by atoms with Gasteiger partial charge in [-0.2, -0.15) is 0 Å². The van der Waals surface area contributed by atoms with Gasteiger partial charge in [0, 0.05) is 5.69 Å². The first-order valence-corrected chi connectivity index (χ1v) is 24.5. The maximum atomic E-state index is 2.51. The van der Waals surface area contributed by atoms with E-state index in [1.165, 1.54) is 134 Å². The summed E-state index contributed by atoms with van der Waals surface area (Å²) >= 11 is 0.181. The van der Waals surface area contributed by atoms with Gasteiger partial charge in [-0.1, -0.05) is 30.3 Å². The van der Waals surface area contributed by atoms with Gasteiger partial charge in [0.05, 0.1) is 0 Å². The molecule has 0 bridgehead atoms. The van der Waals surface area contributed by atoms with Crippen molar-refractivity contribution in [2.24, 2.45) is 0 Å². The molecular formula is C64H39NSe. The summed E-state index contributed by atoms with van der Waals surface area (Å²) in [7, 11) is 0. The molecule has 0 radical (unpaired) electrons. The molecule has 0 aliphatic rings. The second kappa shape index (κ2) is 14.8. The predicted molar refractivity (Wildman–Crippen MR) is 285 cm³/mol. The quantitative estimate of drug-likeness (QED) is 0.120. The Labute approximate surface area is 387 Å². The van der Waals surface area contributed by atoms with Crippen LogP contribution in [-0.2, 0) is 0 Å². The van der Waals surface area contributed by atoms with E-state index in [9.17, 15) is 0 Å². The van der Waals surface area contributed by atoms with Gasteiger partial charge in [0.2, 0.25) is 0 Å². The molecule has 2 heteroatoms. The molecule has 14 aromatic rings. The van der Waals surface area contributed by atoms with Gasteiger partial charge in [-0.05, 0) is 18.2 Å². The summed E-state index contributed by atoms with van der Waals surface area (Å²) in [6.07, 6.45) is 0. The van der Waals surface area contributed by atoms with E-state index in [-0.39, 0.29) is 14.5 Å². The van der Waals surface area contributed by atoms with Crippen molar-refractivity contribution < 1.29 is 0 Å². The Kier molecular flexibility index (Phi) is 8.37. The number of para-hydroxylation sites is 2. The van der Waals surface area contributed by atoms with E-state index in [2.05, 4.69) is 241 Å². The first kappa shape index (κ1) is 37.4. The summed E-state index contributed by atoms with van der Waals surface area (Å²) in [5.41, 5.74) is 13.8. The number of fused-ring (bicyclic) bond motifs is 10. The normalized spacial score (nSPS) is 11.9. The van der Waals surface area contributed by atoms with Crippen molar-refractivity contribution in [3.05, 3.63) is 237 Å². The van der Waals surface area contributed by atoms with E-state index < -0.39 is 0 Å².